The zero-order valence-electron chi connectivity index (χ0n) is 17.1. The normalized spacial score (nSPS) is 15.6. The van der Waals surface area contributed by atoms with Gasteiger partial charge >= 0.3 is 0 Å². The van der Waals surface area contributed by atoms with Crippen LogP contribution in [0, 0.1) is 11.3 Å². The van der Waals surface area contributed by atoms with Crippen LogP contribution in [0.3, 0.4) is 0 Å². The van der Waals surface area contributed by atoms with E-state index in [2.05, 4.69) is 18.3 Å². The van der Waals surface area contributed by atoms with Crippen molar-refractivity contribution in [1.29, 1.82) is 5.26 Å². The van der Waals surface area contributed by atoms with Gasteiger partial charge in [0, 0.05) is 30.1 Å². The summed E-state index contributed by atoms with van der Waals surface area (Å²) in [7, 11) is 0. The van der Waals surface area contributed by atoms with Gasteiger partial charge in [-0.3, -0.25) is 14.3 Å². The number of carbonyl (C=O) groups excluding carboxylic acids is 2. The minimum atomic E-state index is -0.207. The summed E-state index contributed by atoms with van der Waals surface area (Å²) in [6.45, 7) is 3.03. The summed E-state index contributed by atoms with van der Waals surface area (Å²) in [6.07, 6.45) is 3.95. The van der Waals surface area contributed by atoms with E-state index in [9.17, 15) is 9.59 Å². The molecule has 2 aromatic rings. The van der Waals surface area contributed by atoms with Gasteiger partial charge in [0.05, 0.1) is 24.3 Å². The fraction of sp³-hybridized carbons (Fsp3) is 0.455. The molecule has 8 heteroatoms. The van der Waals surface area contributed by atoms with Crippen LogP contribution < -0.4 is 5.32 Å². The molecule has 0 fully saturated rings. The Balaban J connectivity index is 1.79. The molecule has 7 nitrogen and oxygen atoms in total. The molecule has 2 heterocycles. The van der Waals surface area contributed by atoms with Crippen molar-refractivity contribution in [2.45, 2.75) is 45.1 Å². The minimum absolute atomic E-state index is 0.00939. The number of rotatable bonds is 9. The molecule has 1 aromatic heterocycles. The zero-order valence-corrected chi connectivity index (χ0v) is 17.9. The van der Waals surface area contributed by atoms with Gasteiger partial charge < -0.3 is 10.2 Å². The Hall–Kier alpha value is -2.85. The van der Waals surface area contributed by atoms with Gasteiger partial charge in [-0.2, -0.15) is 10.4 Å². The van der Waals surface area contributed by atoms with E-state index in [0.29, 0.717) is 36.6 Å². The van der Waals surface area contributed by atoms with E-state index in [-0.39, 0.29) is 24.4 Å². The van der Waals surface area contributed by atoms with E-state index < -0.39 is 0 Å². The molecular weight excluding hydrogens is 402 g/mol. The van der Waals surface area contributed by atoms with Crippen LogP contribution >= 0.6 is 11.6 Å². The molecule has 2 amide bonds. The van der Waals surface area contributed by atoms with Gasteiger partial charge in [-0.1, -0.05) is 43.5 Å². The lowest BCUT2D eigenvalue weighted by molar-refractivity contribution is -0.122. The van der Waals surface area contributed by atoms with E-state index in [0.717, 1.165) is 30.5 Å². The fourth-order valence-electron chi connectivity index (χ4n) is 3.59. The number of aromatic nitrogens is 2. The summed E-state index contributed by atoms with van der Waals surface area (Å²) in [5.74, 6) is -0.399. The largest absolute Gasteiger partial charge is 0.355 e. The maximum Gasteiger partial charge on any atom is 0.272 e. The molecule has 0 saturated carbocycles. The van der Waals surface area contributed by atoms with Crippen molar-refractivity contribution in [3.05, 3.63) is 41.0 Å². The highest BCUT2D eigenvalue weighted by atomic mass is 35.5. The average Bonchev–Trinajstić information content (AvgIpc) is 3.19. The first kappa shape index (κ1) is 21.8. The van der Waals surface area contributed by atoms with Crippen LogP contribution in [0.25, 0.3) is 11.3 Å². The Morgan fingerprint density at radius 2 is 2.10 bits per heavy atom. The molecule has 1 atom stereocenters. The highest BCUT2D eigenvalue weighted by Gasteiger charge is 2.33. The van der Waals surface area contributed by atoms with E-state index >= 15 is 0 Å². The molecule has 0 saturated heterocycles. The summed E-state index contributed by atoms with van der Waals surface area (Å²) < 4.78 is 1.82. The van der Waals surface area contributed by atoms with Crippen LogP contribution in [0.4, 0.5) is 0 Å². The quantitative estimate of drug-likeness (QED) is 0.616. The van der Waals surface area contributed by atoms with Crippen molar-refractivity contribution in [2.24, 2.45) is 0 Å². The van der Waals surface area contributed by atoms with Crippen LogP contribution in [0.15, 0.2) is 30.3 Å². The molecule has 0 bridgehead atoms. The molecule has 1 aromatic carbocycles. The SMILES string of the molecule is CCCCC1CN(CC(=O)NCCCC#N)C(=O)c2cc(-c3ccc(Cl)cc3)nn21. The van der Waals surface area contributed by atoms with E-state index in [4.69, 9.17) is 22.0 Å². The Morgan fingerprint density at radius 3 is 2.80 bits per heavy atom. The second-order valence-electron chi connectivity index (χ2n) is 7.46. The summed E-state index contributed by atoms with van der Waals surface area (Å²) in [5.41, 5.74) is 2.12. The monoisotopic (exact) mass is 427 g/mol. The van der Waals surface area contributed by atoms with Crippen molar-refractivity contribution in [1.82, 2.24) is 20.0 Å². The first-order chi connectivity index (χ1) is 14.5. The summed E-state index contributed by atoms with van der Waals surface area (Å²) in [6, 6.07) is 11.2. The predicted octanol–water partition coefficient (Wildman–Crippen LogP) is 3.81. The third kappa shape index (κ3) is 5.19. The van der Waals surface area contributed by atoms with Crippen LogP contribution in [0.5, 0.6) is 0 Å². The molecule has 30 heavy (non-hydrogen) atoms. The number of amides is 2. The topological polar surface area (TPSA) is 91.0 Å². The molecule has 1 aliphatic heterocycles. The highest BCUT2D eigenvalue weighted by Crippen LogP contribution is 2.29. The Labute approximate surface area is 181 Å². The van der Waals surface area contributed by atoms with Crippen LogP contribution in [-0.4, -0.2) is 46.1 Å². The average molecular weight is 428 g/mol. The van der Waals surface area contributed by atoms with Crippen LogP contribution in [-0.2, 0) is 4.79 Å². The minimum Gasteiger partial charge on any atom is -0.355 e. The van der Waals surface area contributed by atoms with Gasteiger partial charge in [-0.15, -0.1) is 0 Å². The Kier molecular flexibility index (Phi) is 7.47. The lowest BCUT2D eigenvalue weighted by atomic mass is 10.1. The number of nitrogens with zero attached hydrogens (tertiary/aromatic N) is 4. The lowest BCUT2D eigenvalue weighted by Crippen LogP contribution is -2.47. The molecular formula is C22H26ClN5O2. The smallest absolute Gasteiger partial charge is 0.272 e. The first-order valence-corrected chi connectivity index (χ1v) is 10.7. The molecule has 3 rings (SSSR count). The van der Waals surface area contributed by atoms with Crippen molar-refractivity contribution in [3.63, 3.8) is 0 Å². The Bertz CT molecular complexity index is 932. The van der Waals surface area contributed by atoms with Gasteiger partial charge in [-0.25, -0.2) is 0 Å². The maximum atomic E-state index is 13.1. The van der Waals surface area contributed by atoms with Crippen LogP contribution in [0.1, 0.15) is 55.6 Å². The molecule has 158 valence electrons. The summed E-state index contributed by atoms with van der Waals surface area (Å²) >= 11 is 5.98. The number of hydrogen-bond donors (Lipinski definition) is 1. The molecule has 0 radical (unpaired) electrons. The van der Waals surface area contributed by atoms with E-state index in [1.54, 1.807) is 23.1 Å². The number of halogens is 1. The first-order valence-electron chi connectivity index (χ1n) is 10.3. The number of benzene rings is 1. The molecule has 1 unspecified atom stereocenters. The molecule has 1 aliphatic rings. The van der Waals surface area contributed by atoms with Crippen LogP contribution in [0.2, 0.25) is 5.02 Å². The Morgan fingerprint density at radius 1 is 1.33 bits per heavy atom. The van der Waals surface area contributed by atoms with E-state index in [1.807, 2.05) is 16.8 Å². The van der Waals surface area contributed by atoms with Crippen molar-refractivity contribution >= 4 is 23.4 Å². The number of hydrogen-bond acceptors (Lipinski definition) is 4. The predicted molar refractivity (Wildman–Crippen MR) is 115 cm³/mol. The van der Waals surface area contributed by atoms with Gasteiger partial charge in [0.25, 0.3) is 5.91 Å². The van der Waals surface area contributed by atoms with Gasteiger partial charge in [0.1, 0.15) is 5.69 Å². The zero-order chi connectivity index (χ0) is 21.5. The molecule has 1 N–H and O–H groups in total. The van der Waals surface area contributed by atoms with Gasteiger partial charge in [0.2, 0.25) is 5.91 Å². The molecule has 0 spiro atoms. The van der Waals surface area contributed by atoms with Gasteiger partial charge in [-0.05, 0) is 31.0 Å². The van der Waals surface area contributed by atoms with Crippen molar-refractivity contribution in [3.8, 4) is 17.3 Å². The van der Waals surface area contributed by atoms with Crippen molar-refractivity contribution in [2.75, 3.05) is 19.6 Å². The van der Waals surface area contributed by atoms with Gasteiger partial charge in [0.15, 0.2) is 0 Å². The molecule has 0 aliphatic carbocycles. The van der Waals surface area contributed by atoms with E-state index in [1.165, 1.54) is 0 Å². The standard InChI is InChI=1S/C22H26ClN5O2/c1-2-3-6-18-14-27(15-21(29)25-12-5-4-11-24)22(30)20-13-19(26-28(18)20)16-7-9-17(23)10-8-16/h7-10,13,18H,2-6,12,14-15H2,1H3,(H,25,29). The second-order valence-corrected chi connectivity index (χ2v) is 7.90. The maximum absolute atomic E-state index is 13.1. The number of fused-ring (bicyclic) bond motifs is 1. The number of nitriles is 1. The third-order valence-electron chi connectivity index (χ3n) is 5.17. The third-order valence-corrected chi connectivity index (χ3v) is 5.42. The summed E-state index contributed by atoms with van der Waals surface area (Å²) in [4.78, 5) is 27.0. The number of unbranched alkanes of at least 4 members (excludes halogenated alkanes) is 2. The second kappa shape index (κ2) is 10.3. The fourth-order valence-corrected chi connectivity index (χ4v) is 3.71. The van der Waals surface area contributed by atoms with Crippen molar-refractivity contribution < 1.29 is 9.59 Å². The number of nitrogens with one attached hydrogen (secondary N) is 1. The highest BCUT2D eigenvalue weighted by molar-refractivity contribution is 6.30. The lowest BCUT2D eigenvalue weighted by Gasteiger charge is -2.33. The number of carbonyl (C=O) groups is 2. The summed E-state index contributed by atoms with van der Waals surface area (Å²) in [5, 5.41) is 16.7.